The second kappa shape index (κ2) is 5.46. The molecule has 6 heteroatoms. The van der Waals surface area contributed by atoms with E-state index in [1.165, 1.54) is 19.2 Å². The number of hydrogen-bond acceptors (Lipinski definition) is 3. The van der Waals surface area contributed by atoms with Crippen LogP contribution >= 0.6 is 0 Å². The Morgan fingerprint density at radius 2 is 1.70 bits per heavy atom. The summed E-state index contributed by atoms with van der Waals surface area (Å²) in [6, 6.07) is 11.8. The van der Waals surface area contributed by atoms with Crippen LogP contribution in [0.4, 0.5) is 18.9 Å². The molecule has 0 fully saturated rings. The van der Waals surface area contributed by atoms with E-state index in [4.69, 9.17) is 10.5 Å². The van der Waals surface area contributed by atoms with Gasteiger partial charge < -0.3 is 10.5 Å². The van der Waals surface area contributed by atoms with Gasteiger partial charge in [0.1, 0.15) is 5.75 Å². The van der Waals surface area contributed by atoms with Crippen LogP contribution in [0.25, 0.3) is 22.2 Å². The fourth-order valence-corrected chi connectivity index (χ4v) is 2.36. The molecule has 0 aliphatic rings. The van der Waals surface area contributed by atoms with Crippen molar-refractivity contribution in [3.05, 3.63) is 54.1 Å². The van der Waals surface area contributed by atoms with Gasteiger partial charge in [-0.3, -0.25) is 0 Å². The molecule has 0 saturated heterocycles. The van der Waals surface area contributed by atoms with E-state index >= 15 is 0 Å². The lowest BCUT2D eigenvalue weighted by Gasteiger charge is -2.11. The predicted octanol–water partition coefficient (Wildman–Crippen LogP) is 4.51. The van der Waals surface area contributed by atoms with Crippen molar-refractivity contribution < 1.29 is 17.9 Å². The molecule has 1 heterocycles. The van der Waals surface area contributed by atoms with Gasteiger partial charge in [-0.1, -0.05) is 12.1 Å². The number of nitrogens with zero attached hydrogens (tertiary/aromatic N) is 1. The quantitative estimate of drug-likeness (QED) is 0.707. The Bertz CT molecular complexity index is 858. The van der Waals surface area contributed by atoms with Gasteiger partial charge in [0, 0.05) is 22.7 Å². The van der Waals surface area contributed by atoms with Gasteiger partial charge in [0.2, 0.25) is 0 Å². The van der Waals surface area contributed by atoms with Crippen molar-refractivity contribution in [1.82, 2.24) is 4.98 Å². The first kappa shape index (κ1) is 15.1. The number of nitrogen functional groups attached to an aromatic ring is 1. The number of ether oxygens (including phenoxy) is 1. The highest BCUT2D eigenvalue weighted by molar-refractivity contribution is 5.89. The molecular formula is C17H13F3N2O. The summed E-state index contributed by atoms with van der Waals surface area (Å²) in [6.07, 6.45) is -4.36. The minimum Gasteiger partial charge on any atom is -0.496 e. The van der Waals surface area contributed by atoms with Gasteiger partial charge in [0.25, 0.3) is 0 Å². The molecule has 118 valence electrons. The average molecular weight is 318 g/mol. The maximum absolute atomic E-state index is 12.6. The van der Waals surface area contributed by atoms with Crippen LogP contribution in [0.1, 0.15) is 5.56 Å². The predicted molar refractivity (Wildman–Crippen MR) is 83.1 cm³/mol. The summed E-state index contributed by atoms with van der Waals surface area (Å²) in [5.74, 6) is 0.588. The largest absolute Gasteiger partial charge is 0.496 e. The summed E-state index contributed by atoms with van der Waals surface area (Å²) in [7, 11) is 1.53. The van der Waals surface area contributed by atoms with Crippen LogP contribution in [-0.2, 0) is 6.18 Å². The topological polar surface area (TPSA) is 48.1 Å². The van der Waals surface area contributed by atoms with E-state index < -0.39 is 11.7 Å². The fourth-order valence-electron chi connectivity index (χ4n) is 2.36. The number of halogens is 3. The molecule has 3 nitrogen and oxygen atoms in total. The molecule has 0 spiro atoms. The number of benzene rings is 2. The van der Waals surface area contributed by atoms with Crippen LogP contribution in [0.2, 0.25) is 0 Å². The summed E-state index contributed by atoms with van der Waals surface area (Å²) >= 11 is 0. The first-order valence-corrected chi connectivity index (χ1v) is 6.80. The standard InChI is InChI=1S/C17H13F3N2O/c1-23-16-9-14(22-15-8-12(21)6-7-13(15)16)10-2-4-11(5-3-10)17(18,19)20/h2-9H,21H2,1H3. The highest BCUT2D eigenvalue weighted by atomic mass is 19.4. The number of rotatable bonds is 2. The zero-order valence-electron chi connectivity index (χ0n) is 12.2. The van der Waals surface area contributed by atoms with E-state index in [1.54, 1.807) is 24.3 Å². The zero-order chi connectivity index (χ0) is 16.6. The summed E-state index contributed by atoms with van der Waals surface area (Å²) in [5, 5.41) is 0.789. The van der Waals surface area contributed by atoms with Crippen molar-refractivity contribution >= 4 is 16.6 Å². The molecule has 0 unspecified atom stereocenters. The molecule has 0 amide bonds. The molecule has 0 aliphatic carbocycles. The average Bonchev–Trinajstić information content (AvgIpc) is 2.52. The number of methoxy groups -OCH3 is 1. The summed E-state index contributed by atoms with van der Waals surface area (Å²) in [6.45, 7) is 0. The van der Waals surface area contributed by atoms with Crippen molar-refractivity contribution in [2.75, 3.05) is 12.8 Å². The minimum atomic E-state index is -4.36. The summed E-state index contributed by atoms with van der Waals surface area (Å²) in [4.78, 5) is 4.47. The van der Waals surface area contributed by atoms with Crippen molar-refractivity contribution in [1.29, 1.82) is 0 Å². The molecule has 0 saturated carbocycles. The van der Waals surface area contributed by atoms with E-state index in [0.717, 1.165) is 17.5 Å². The normalized spacial score (nSPS) is 11.7. The van der Waals surface area contributed by atoms with E-state index in [9.17, 15) is 13.2 Å². The zero-order valence-corrected chi connectivity index (χ0v) is 12.2. The third-order valence-corrected chi connectivity index (χ3v) is 3.52. The first-order chi connectivity index (χ1) is 10.9. The van der Waals surface area contributed by atoms with Crippen LogP contribution < -0.4 is 10.5 Å². The maximum Gasteiger partial charge on any atom is 0.416 e. The van der Waals surface area contributed by atoms with Crippen LogP contribution in [0, 0.1) is 0 Å². The summed E-state index contributed by atoms with van der Waals surface area (Å²) < 4.78 is 43.3. The highest BCUT2D eigenvalue weighted by Crippen LogP contribution is 2.33. The van der Waals surface area contributed by atoms with Gasteiger partial charge >= 0.3 is 6.18 Å². The number of anilines is 1. The Morgan fingerprint density at radius 3 is 2.30 bits per heavy atom. The van der Waals surface area contributed by atoms with Crippen molar-refractivity contribution in [3.63, 3.8) is 0 Å². The number of alkyl halides is 3. The fraction of sp³-hybridized carbons (Fsp3) is 0.118. The Labute approximate surface area is 130 Å². The maximum atomic E-state index is 12.6. The summed E-state index contributed by atoms with van der Waals surface area (Å²) in [5.41, 5.74) is 7.34. The monoisotopic (exact) mass is 318 g/mol. The molecule has 0 atom stereocenters. The van der Waals surface area contributed by atoms with Crippen molar-refractivity contribution in [2.24, 2.45) is 0 Å². The molecule has 0 bridgehead atoms. The van der Waals surface area contributed by atoms with Gasteiger partial charge in [0.15, 0.2) is 0 Å². The number of pyridine rings is 1. The number of nitrogens with two attached hydrogens (primary N) is 1. The minimum absolute atomic E-state index is 0.522. The lowest BCUT2D eigenvalue weighted by atomic mass is 10.1. The van der Waals surface area contributed by atoms with E-state index in [-0.39, 0.29) is 0 Å². The molecule has 3 rings (SSSR count). The van der Waals surface area contributed by atoms with Crippen molar-refractivity contribution in [3.8, 4) is 17.0 Å². The number of fused-ring (bicyclic) bond motifs is 1. The Kier molecular flexibility index (Phi) is 3.60. The van der Waals surface area contributed by atoms with Gasteiger partial charge in [-0.05, 0) is 30.3 Å². The van der Waals surface area contributed by atoms with Crippen molar-refractivity contribution in [2.45, 2.75) is 6.18 Å². The molecule has 2 aromatic carbocycles. The van der Waals surface area contributed by atoms with Gasteiger partial charge in [-0.2, -0.15) is 13.2 Å². The number of hydrogen-bond donors (Lipinski definition) is 1. The first-order valence-electron chi connectivity index (χ1n) is 6.80. The van der Waals surface area contributed by atoms with Gasteiger partial charge in [-0.15, -0.1) is 0 Å². The van der Waals surface area contributed by atoms with Crippen LogP contribution in [0.5, 0.6) is 5.75 Å². The van der Waals surface area contributed by atoms with Gasteiger partial charge in [0.05, 0.1) is 23.9 Å². The van der Waals surface area contributed by atoms with E-state index in [2.05, 4.69) is 4.98 Å². The molecule has 23 heavy (non-hydrogen) atoms. The third-order valence-electron chi connectivity index (χ3n) is 3.52. The van der Waals surface area contributed by atoms with Gasteiger partial charge in [-0.25, -0.2) is 4.98 Å². The molecule has 0 aliphatic heterocycles. The van der Waals surface area contributed by atoms with E-state index in [1.807, 2.05) is 0 Å². The van der Waals surface area contributed by atoms with Crippen LogP contribution in [0.15, 0.2) is 48.5 Å². The Hall–Kier alpha value is -2.76. The van der Waals surface area contributed by atoms with E-state index in [0.29, 0.717) is 28.2 Å². The SMILES string of the molecule is COc1cc(-c2ccc(C(F)(F)F)cc2)nc2cc(N)ccc12. The Morgan fingerprint density at radius 1 is 1.00 bits per heavy atom. The Balaban J connectivity index is 2.12. The molecule has 3 aromatic rings. The lowest BCUT2D eigenvalue weighted by Crippen LogP contribution is -2.04. The second-order valence-electron chi connectivity index (χ2n) is 5.06. The lowest BCUT2D eigenvalue weighted by molar-refractivity contribution is -0.137. The molecule has 0 radical (unpaired) electrons. The molecule has 1 aromatic heterocycles. The highest BCUT2D eigenvalue weighted by Gasteiger charge is 2.30. The van der Waals surface area contributed by atoms with Crippen LogP contribution in [0.3, 0.4) is 0 Å². The van der Waals surface area contributed by atoms with Crippen LogP contribution in [-0.4, -0.2) is 12.1 Å². The molecular weight excluding hydrogens is 305 g/mol. The smallest absolute Gasteiger partial charge is 0.416 e. The number of aromatic nitrogens is 1. The second-order valence-corrected chi connectivity index (χ2v) is 5.06. The molecule has 2 N–H and O–H groups in total. The third kappa shape index (κ3) is 2.92.